The Labute approximate surface area is 173 Å². The maximum absolute atomic E-state index is 12.2. The monoisotopic (exact) mass is 459 g/mol. The Morgan fingerprint density at radius 1 is 1.00 bits per heavy atom. The van der Waals surface area contributed by atoms with Gasteiger partial charge < -0.3 is 10.4 Å². The molecule has 0 aliphatic heterocycles. The standard InChI is InChI=1S/C20H14BrNO3S2/c21-15-8-4-5-9-17(15)27-18-11-10-14(26-18)12-16(20(24)25)22-19(23)13-6-2-1-3-7-13/h1-12H,(H,22,23)(H,24,25)/b16-12-. The van der Waals surface area contributed by atoms with E-state index in [-0.39, 0.29) is 5.70 Å². The number of hydrogen-bond acceptors (Lipinski definition) is 4. The van der Waals surface area contributed by atoms with Crippen molar-refractivity contribution in [3.05, 3.63) is 87.3 Å². The summed E-state index contributed by atoms with van der Waals surface area (Å²) >= 11 is 6.56. The third kappa shape index (κ3) is 5.32. The van der Waals surface area contributed by atoms with Crippen molar-refractivity contribution in [2.75, 3.05) is 0 Å². The van der Waals surface area contributed by atoms with Gasteiger partial charge in [0.15, 0.2) is 0 Å². The van der Waals surface area contributed by atoms with E-state index in [0.29, 0.717) is 5.56 Å². The number of hydrogen-bond donors (Lipinski definition) is 2. The average Bonchev–Trinajstić information content (AvgIpc) is 3.10. The molecule has 0 fully saturated rings. The van der Waals surface area contributed by atoms with Crippen LogP contribution in [-0.2, 0) is 4.79 Å². The zero-order valence-electron chi connectivity index (χ0n) is 13.9. The van der Waals surface area contributed by atoms with E-state index < -0.39 is 11.9 Å². The molecule has 0 unspecified atom stereocenters. The van der Waals surface area contributed by atoms with Gasteiger partial charge in [-0.1, -0.05) is 42.1 Å². The first kappa shape index (κ1) is 19.4. The first-order chi connectivity index (χ1) is 13.0. The van der Waals surface area contributed by atoms with Gasteiger partial charge in [0.05, 0.1) is 4.21 Å². The molecule has 0 radical (unpaired) electrons. The van der Waals surface area contributed by atoms with Gasteiger partial charge >= 0.3 is 5.97 Å². The highest BCUT2D eigenvalue weighted by atomic mass is 79.9. The van der Waals surface area contributed by atoms with Crippen LogP contribution in [0.25, 0.3) is 6.08 Å². The van der Waals surface area contributed by atoms with Crippen LogP contribution >= 0.6 is 39.0 Å². The van der Waals surface area contributed by atoms with Gasteiger partial charge in [-0.15, -0.1) is 11.3 Å². The van der Waals surface area contributed by atoms with Crippen LogP contribution in [0.2, 0.25) is 0 Å². The molecule has 1 amide bonds. The third-order valence-corrected chi connectivity index (χ3v) is 6.64. The number of rotatable bonds is 6. The van der Waals surface area contributed by atoms with Crippen molar-refractivity contribution in [2.45, 2.75) is 9.10 Å². The fourth-order valence-corrected chi connectivity index (χ4v) is 4.78. The summed E-state index contributed by atoms with van der Waals surface area (Å²) in [5.74, 6) is -1.64. The van der Waals surface area contributed by atoms with Crippen LogP contribution < -0.4 is 5.32 Å². The molecule has 3 rings (SSSR count). The first-order valence-corrected chi connectivity index (χ1v) is 10.3. The predicted octanol–water partition coefficient (Wildman–Crippen LogP) is 5.52. The Morgan fingerprint density at radius 3 is 2.41 bits per heavy atom. The second kappa shape index (κ2) is 9.03. The number of carbonyl (C=O) groups is 2. The minimum Gasteiger partial charge on any atom is -0.477 e. The number of nitrogens with one attached hydrogen (secondary N) is 1. The second-order valence-corrected chi connectivity index (χ2v) is 8.68. The van der Waals surface area contributed by atoms with Gasteiger partial charge in [-0.2, -0.15) is 0 Å². The Bertz CT molecular complexity index is 999. The van der Waals surface area contributed by atoms with Crippen LogP contribution in [0.3, 0.4) is 0 Å². The minimum absolute atomic E-state index is 0.164. The molecule has 3 aromatic rings. The highest BCUT2D eigenvalue weighted by Gasteiger charge is 2.14. The second-order valence-electron chi connectivity index (χ2n) is 5.37. The Balaban J connectivity index is 1.77. The summed E-state index contributed by atoms with van der Waals surface area (Å²) in [5, 5.41) is 11.9. The van der Waals surface area contributed by atoms with Gasteiger partial charge in [0, 0.05) is 19.8 Å². The summed E-state index contributed by atoms with van der Waals surface area (Å²) in [6.07, 6.45) is 1.47. The van der Waals surface area contributed by atoms with Crippen LogP contribution in [0.5, 0.6) is 0 Å². The normalized spacial score (nSPS) is 11.2. The fourth-order valence-electron chi connectivity index (χ4n) is 2.18. The van der Waals surface area contributed by atoms with Crippen LogP contribution in [-0.4, -0.2) is 17.0 Å². The molecular weight excluding hydrogens is 446 g/mol. The molecule has 0 saturated heterocycles. The number of carbonyl (C=O) groups excluding carboxylic acids is 1. The molecule has 2 aromatic carbocycles. The van der Waals surface area contributed by atoms with E-state index in [1.165, 1.54) is 17.4 Å². The molecular formula is C20H14BrNO3S2. The zero-order chi connectivity index (χ0) is 19.2. The van der Waals surface area contributed by atoms with Crippen molar-refractivity contribution in [3.63, 3.8) is 0 Å². The first-order valence-electron chi connectivity index (χ1n) is 7.86. The highest BCUT2D eigenvalue weighted by molar-refractivity contribution is 9.10. The van der Waals surface area contributed by atoms with E-state index in [0.717, 1.165) is 18.5 Å². The average molecular weight is 460 g/mol. The lowest BCUT2D eigenvalue weighted by molar-refractivity contribution is -0.132. The maximum atomic E-state index is 12.2. The Kier molecular flexibility index (Phi) is 6.49. The van der Waals surface area contributed by atoms with Gasteiger partial charge in [-0.25, -0.2) is 4.79 Å². The molecule has 27 heavy (non-hydrogen) atoms. The van der Waals surface area contributed by atoms with Crippen LogP contribution in [0.15, 0.2) is 86.0 Å². The van der Waals surface area contributed by atoms with Crippen LogP contribution in [0.1, 0.15) is 15.2 Å². The zero-order valence-corrected chi connectivity index (χ0v) is 17.1. The molecule has 0 bridgehead atoms. The summed E-state index contributed by atoms with van der Waals surface area (Å²) < 4.78 is 2.02. The van der Waals surface area contributed by atoms with E-state index in [1.807, 2.05) is 36.4 Å². The lowest BCUT2D eigenvalue weighted by Gasteiger charge is -2.05. The van der Waals surface area contributed by atoms with Crippen molar-refractivity contribution < 1.29 is 14.7 Å². The van der Waals surface area contributed by atoms with Crippen molar-refractivity contribution in [3.8, 4) is 0 Å². The molecule has 7 heteroatoms. The Morgan fingerprint density at radius 2 is 1.70 bits per heavy atom. The molecule has 0 aliphatic carbocycles. The van der Waals surface area contributed by atoms with Crippen LogP contribution in [0, 0.1) is 0 Å². The number of benzene rings is 2. The van der Waals surface area contributed by atoms with Crippen molar-refractivity contribution in [1.29, 1.82) is 0 Å². The third-order valence-electron chi connectivity index (χ3n) is 3.45. The number of carboxylic acid groups (broad SMARTS) is 1. The SMILES string of the molecule is O=C(O)/C(=C/c1ccc(Sc2ccccc2Br)s1)NC(=O)c1ccccc1. The van der Waals surface area contributed by atoms with E-state index >= 15 is 0 Å². The Hall–Kier alpha value is -2.35. The smallest absolute Gasteiger partial charge is 0.352 e. The van der Waals surface area contributed by atoms with Gasteiger partial charge in [0.2, 0.25) is 0 Å². The van der Waals surface area contributed by atoms with Crippen LogP contribution in [0.4, 0.5) is 0 Å². The van der Waals surface area contributed by atoms with Gasteiger partial charge in [0.25, 0.3) is 5.91 Å². The van der Waals surface area contributed by atoms with E-state index in [4.69, 9.17) is 0 Å². The molecule has 2 N–H and O–H groups in total. The minimum atomic E-state index is -1.19. The molecule has 136 valence electrons. The predicted molar refractivity (Wildman–Crippen MR) is 112 cm³/mol. The summed E-state index contributed by atoms with van der Waals surface area (Å²) in [6.45, 7) is 0. The highest BCUT2D eigenvalue weighted by Crippen LogP contribution is 2.37. The van der Waals surface area contributed by atoms with Crippen molar-refractivity contribution in [2.24, 2.45) is 0 Å². The summed E-state index contributed by atoms with van der Waals surface area (Å²) in [5.41, 5.74) is 0.240. The molecule has 0 aliphatic rings. The maximum Gasteiger partial charge on any atom is 0.352 e. The quantitative estimate of drug-likeness (QED) is 0.476. The van der Waals surface area contributed by atoms with E-state index in [9.17, 15) is 14.7 Å². The molecule has 0 saturated carbocycles. The number of thiophene rings is 1. The summed E-state index contributed by atoms with van der Waals surface area (Å²) in [4.78, 5) is 25.6. The summed E-state index contributed by atoms with van der Waals surface area (Å²) in [7, 11) is 0. The fraction of sp³-hybridized carbons (Fsp3) is 0. The van der Waals surface area contributed by atoms with Gasteiger partial charge in [-0.3, -0.25) is 4.79 Å². The number of aliphatic carboxylic acids is 1. The molecule has 0 atom stereocenters. The van der Waals surface area contributed by atoms with Gasteiger partial charge in [-0.05, 0) is 58.4 Å². The lowest BCUT2D eigenvalue weighted by Crippen LogP contribution is -2.27. The molecule has 1 heterocycles. The molecule has 1 aromatic heterocycles. The van der Waals surface area contributed by atoms with Crippen molar-refractivity contribution >= 4 is 57.0 Å². The van der Waals surface area contributed by atoms with Gasteiger partial charge in [0.1, 0.15) is 5.70 Å². The number of amides is 1. The lowest BCUT2D eigenvalue weighted by atomic mass is 10.2. The number of halogens is 1. The van der Waals surface area contributed by atoms with Crippen molar-refractivity contribution in [1.82, 2.24) is 5.32 Å². The largest absolute Gasteiger partial charge is 0.477 e. The topological polar surface area (TPSA) is 66.4 Å². The molecule has 0 spiro atoms. The molecule has 4 nitrogen and oxygen atoms in total. The number of carboxylic acids is 1. The summed E-state index contributed by atoms with van der Waals surface area (Å²) in [6, 6.07) is 20.2. The van der Waals surface area contributed by atoms with E-state index in [1.54, 1.807) is 42.1 Å². The van der Waals surface area contributed by atoms with E-state index in [2.05, 4.69) is 21.2 Å².